The molecule has 2 N–H and O–H groups in total. The molecule has 0 radical (unpaired) electrons. The molecule has 2 amide bonds. The van der Waals surface area contributed by atoms with Gasteiger partial charge in [-0.25, -0.2) is 5.43 Å². The predicted molar refractivity (Wildman–Crippen MR) is 82.6 cm³/mol. The van der Waals surface area contributed by atoms with Gasteiger partial charge in [0.2, 0.25) is 5.91 Å². The van der Waals surface area contributed by atoms with Gasteiger partial charge in [-0.1, -0.05) is 0 Å². The van der Waals surface area contributed by atoms with Crippen molar-refractivity contribution in [2.24, 2.45) is 5.10 Å². The number of amides is 2. The van der Waals surface area contributed by atoms with Crippen LogP contribution in [0.3, 0.4) is 0 Å². The van der Waals surface area contributed by atoms with E-state index in [4.69, 9.17) is 4.74 Å². The normalized spacial score (nSPS) is 10.8. The number of rotatable bonds is 6. The number of esters is 1. The van der Waals surface area contributed by atoms with E-state index in [1.54, 1.807) is 38.1 Å². The second-order valence-electron chi connectivity index (χ2n) is 4.53. The maximum absolute atomic E-state index is 11.9. The van der Waals surface area contributed by atoms with Crippen molar-refractivity contribution in [3.63, 3.8) is 0 Å². The summed E-state index contributed by atoms with van der Waals surface area (Å²) in [6.07, 6.45) is 0.0234. The molecular formula is C15H19N3O4. The van der Waals surface area contributed by atoms with Gasteiger partial charge in [0.1, 0.15) is 0 Å². The average Bonchev–Trinajstić information content (AvgIpc) is 2.45. The fourth-order valence-electron chi connectivity index (χ4n) is 1.58. The number of benzene rings is 1. The highest BCUT2D eigenvalue weighted by Crippen LogP contribution is 2.09. The molecule has 22 heavy (non-hydrogen) atoms. The fourth-order valence-corrected chi connectivity index (χ4v) is 1.58. The first kappa shape index (κ1) is 17.4. The van der Waals surface area contributed by atoms with E-state index >= 15 is 0 Å². The lowest BCUT2D eigenvalue weighted by molar-refractivity contribution is -0.141. The third-order valence-corrected chi connectivity index (χ3v) is 2.52. The van der Waals surface area contributed by atoms with Gasteiger partial charge in [-0.15, -0.1) is 0 Å². The van der Waals surface area contributed by atoms with E-state index in [0.717, 1.165) is 0 Å². The van der Waals surface area contributed by atoms with Crippen molar-refractivity contribution in [2.75, 3.05) is 11.9 Å². The lowest BCUT2D eigenvalue weighted by Gasteiger charge is -2.05. The molecule has 0 spiro atoms. The Hall–Kier alpha value is -2.70. The molecule has 0 saturated heterocycles. The molecule has 0 aromatic heterocycles. The van der Waals surface area contributed by atoms with E-state index in [-0.39, 0.29) is 12.3 Å². The Labute approximate surface area is 128 Å². The Morgan fingerprint density at radius 2 is 1.77 bits per heavy atom. The molecule has 0 unspecified atom stereocenters. The predicted octanol–water partition coefficient (Wildman–Crippen LogP) is 1.70. The van der Waals surface area contributed by atoms with Gasteiger partial charge in [0.15, 0.2) is 0 Å². The first-order valence-corrected chi connectivity index (χ1v) is 6.79. The van der Waals surface area contributed by atoms with Gasteiger partial charge in [0.05, 0.1) is 13.0 Å². The maximum atomic E-state index is 11.9. The summed E-state index contributed by atoms with van der Waals surface area (Å²) < 4.78 is 4.78. The summed E-state index contributed by atoms with van der Waals surface area (Å²) in [6.45, 7) is 5.05. The van der Waals surface area contributed by atoms with Gasteiger partial charge in [-0.2, -0.15) is 5.10 Å². The van der Waals surface area contributed by atoms with Crippen LogP contribution in [0.4, 0.5) is 5.69 Å². The molecule has 118 valence electrons. The number of ether oxygens (including phenoxy) is 1. The molecule has 1 rings (SSSR count). The molecule has 0 atom stereocenters. The summed E-state index contributed by atoms with van der Waals surface area (Å²) in [5, 5.41) is 6.45. The summed E-state index contributed by atoms with van der Waals surface area (Å²) in [5.41, 5.74) is 3.80. The number of nitrogens with zero attached hydrogens (tertiary/aromatic N) is 1. The number of hydrogen-bond donors (Lipinski definition) is 2. The Morgan fingerprint density at radius 3 is 2.32 bits per heavy atom. The third kappa shape index (κ3) is 6.17. The van der Waals surface area contributed by atoms with Crippen molar-refractivity contribution in [3.05, 3.63) is 29.8 Å². The topological polar surface area (TPSA) is 96.9 Å². The zero-order valence-electron chi connectivity index (χ0n) is 12.8. The highest BCUT2D eigenvalue weighted by atomic mass is 16.5. The molecule has 0 aliphatic rings. The highest BCUT2D eigenvalue weighted by molar-refractivity contribution is 5.99. The van der Waals surface area contributed by atoms with Crippen molar-refractivity contribution in [2.45, 2.75) is 27.2 Å². The minimum atomic E-state index is -0.405. The van der Waals surface area contributed by atoms with Crippen LogP contribution in [-0.4, -0.2) is 30.1 Å². The molecule has 7 nitrogen and oxygen atoms in total. The third-order valence-electron chi connectivity index (χ3n) is 2.52. The minimum absolute atomic E-state index is 0.0234. The van der Waals surface area contributed by atoms with E-state index < -0.39 is 11.9 Å². The Bertz CT molecular complexity index is 579. The zero-order valence-corrected chi connectivity index (χ0v) is 12.8. The molecule has 0 aliphatic heterocycles. The molecule has 0 heterocycles. The monoisotopic (exact) mass is 305 g/mol. The molecular weight excluding hydrogens is 286 g/mol. The molecule has 1 aromatic rings. The first-order chi connectivity index (χ1) is 10.4. The molecule has 1 aromatic carbocycles. The number of nitrogens with one attached hydrogen (secondary N) is 2. The standard InChI is InChI=1S/C15H19N3O4/c1-4-22-14(20)9-10(2)17-18-15(21)12-5-7-13(8-6-12)16-11(3)19/h5-8H,4,9H2,1-3H3,(H,16,19)(H,18,21)/b17-10+. The molecule has 7 heteroatoms. The largest absolute Gasteiger partial charge is 0.466 e. The number of anilines is 1. The summed E-state index contributed by atoms with van der Waals surface area (Å²) >= 11 is 0. The second kappa shape index (κ2) is 8.56. The van der Waals surface area contributed by atoms with Crippen LogP contribution < -0.4 is 10.7 Å². The van der Waals surface area contributed by atoms with Gasteiger partial charge in [-0.05, 0) is 38.1 Å². The van der Waals surface area contributed by atoms with Gasteiger partial charge < -0.3 is 10.1 Å². The molecule has 0 aliphatic carbocycles. The van der Waals surface area contributed by atoms with Crippen molar-refractivity contribution >= 4 is 29.2 Å². The maximum Gasteiger partial charge on any atom is 0.311 e. The van der Waals surface area contributed by atoms with E-state index in [9.17, 15) is 14.4 Å². The Morgan fingerprint density at radius 1 is 1.14 bits per heavy atom. The summed E-state index contributed by atoms with van der Waals surface area (Å²) in [4.78, 5) is 34.0. The second-order valence-corrected chi connectivity index (χ2v) is 4.53. The fraction of sp³-hybridized carbons (Fsp3) is 0.333. The molecule has 0 bridgehead atoms. The van der Waals surface area contributed by atoms with Crippen LogP contribution in [0.1, 0.15) is 37.6 Å². The van der Waals surface area contributed by atoms with Crippen molar-refractivity contribution in [1.82, 2.24) is 5.43 Å². The number of hydrazone groups is 1. The molecule has 0 fully saturated rings. The van der Waals surface area contributed by atoms with Crippen LogP contribution in [0.25, 0.3) is 0 Å². The number of carbonyl (C=O) groups is 3. The summed E-state index contributed by atoms with van der Waals surface area (Å²) in [7, 11) is 0. The van der Waals surface area contributed by atoms with E-state index in [0.29, 0.717) is 23.6 Å². The number of carbonyl (C=O) groups excluding carboxylic acids is 3. The SMILES string of the molecule is CCOC(=O)C/C(C)=N/NC(=O)c1ccc(NC(C)=O)cc1. The lowest BCUT2D eigenvalue weighted by atomic mass is 10.2. The van der Waals surface area contributed by atoms with Gasteiger partial charge in [0.25, 0.3) is 5.91 Å². The zero-order chi connectivity index (χ0) is 16.5. The van der Waals surface area contributed by atoms with Crippen LogP contribution in [0.2, 0.25) is 0 Å². The lowest BCUT2D eigenvalue weighted by Crippen LogP contribution is -2.20. The van der Waals surface area contributed by atoms with E-state index in [1.807, 2.05) is 0 Å². The van der Waals surface area contributed by atoms with Crippen molar-refractivity contribution in [1.29, 1.82) is 0 Å². The average molecular weight is 305 g/mol. The summed E-state index contributed by atoms with van der Waals surface area (Å²) in [5.74, 6) is -0.980. The van der Waals surface area contributed by atoms with Crippen LogP contribution in [0.5, 0.6) is 0 Å². The van der Waals surface area contributed by atoms with E-state index in [1.165, 1.54) is 6.92 Å². The van der Waals surface area contributed by atoms with Crippen LogP contribution in [0, 0.1) is 0 Å². The Kier molecular flexibility index (Phi) is 6.75. The van der Waals surface area contributed by atoms with E-state index in [2.05, 4.69) is 15.8 Å². The Balaban J connectivity index is 2.57. The van der Waals surface area contributed by atoms with Crippen LogP contribution in [0.15, 0.2) is 29.4 Å². The summed E-state index contributed by atoms with van der Waals surface area (Å²) in [6, 6.07) is 6.37. The van der Waals surface area contributed by atoms with Crippen LogP contribution >= 0.6 is 0 Å². The van der Waals surface area contributed by atoms with Crippen molar-refractivity contribution in [3.8, 4) is 0 Å². The van der Waals surface area contributed by atoms with Crippen LogP contribution in [-0.2, 0) is 14.3 Å². The quantitative estimate of drug-likeness (QED) is 0.475. The smallest absolute Gasteiger partial charge is 0.311 e. The number of hydrogen-bond acceptors (Lipinski definition) is 5. The van der Waals surface area contributed by atoms with Gasteiger partial charge in [-0.3, -0.25) is 14.4 Å². The van der Waals surface area contributed by atoms with Crippen molar-refractivity contribution < 1.29 is 19.1 Å². The molecule has 0 saturated carbocycles. The van der Waals surface area contributed by atoms with Gasteiger partial charge >= 0.3 is 5.97 Å². The first-order valence-electron chi connectivity index (χ1n) is 6.79. The van der Waals surface area contributed by atoms with Gasteiger partial charge in [0, 0.05) is 23.9 Å². The highest BCUT2D eigenvalue weighted by Gasteiger charge is 2.07. The minimum Gasteiger partial charge on any atom is -0.466 e.